The van der Waals surface area contributed by atoms with Gasteiger partial charge >= 0.3 is 0 Å². The van der Waals surface area contributed by atoms with Crippen molar-refractivity contribution in [2.24, 2.45) is 5.92 Å². The standard InChI is InChI=1S/C15H22N2OS/c1-11-10-17(2)8-7-14(11)16-15(18)9-12-3-5-13(19)6-4-12/h3-6,11,14,19H,7-10H2,1-2H3,(H,16,18). The zero-order valence-electron chi connectivity index (χ0n) is 11.6. The maximum atomic E-state index is 12.0. The monoisotopic (exact) mass is 278 g/mol. The molecule has 4 heteroatoms. The second-order valence-corrected chi connectivity index (χ2v) is 6.06. The number of likely N-dealkylation sites (tertiary alicyclic amines) is 1. The van der Waals surface area contributed by atoms with E-state index in [-0.39, 0.29) is 5.91 Å². The summed E-state index contributed by atoms with van der Waals surface area (Å²) in [4.78, 5) is 15.3. The highest BCUT2D eigenvalue weighted by Gasteiger charge is 2.25. The van der Waals surface area contributed by atoms with E-state index < -0.39 is 0 Å². The van der Waals surface area contributed by atoms with Crippen molar-refractivity contribution in [3.8, 4) is 0 Å². The molecule has 104 valence electrons. The van der Waals surface area contributed by atoms with Crippen molar-refractivity contribution in [2.75, 3.05) is 20.1 Å². The highest BCUT2D eigenvalue weighted by molar-refractivity contribution is 7.80. The maximum Gasteiger partial charge on any atom is 0.224 e. The Morgan fingerprint density at radius 1 is 1.42 bits per heavy atom. The minimum Gasteiger partial charge on any atom is -0.353 e. The summed E-state index contributed by atoms with van der Waals surface area (Å²) < 4.78 is 0. The van der Waals surface area contributed by atoms with Crippen molar-refractivity contribution >= 4 is 18.5 Å². The topological polar surface area (TPSA) is 32.3 Å². The SMILES string of the molecule is CC1CN(C)CCC1NC(=O)Cc1ccc(S)cc1. The quantitative estimate of drug-likeness (QED) is 0.829. The van der Waals surface area contributed by atoms with E-state index in [4.69, 9.17) is 0 Å². The summed E-state index contributed by atoms with van der Waals surface area (Å²) >= 11 is 4.24. The highest BCUT2D eigenvalue weighted by Crippen LogP contribution is 2.15. The van der Waals surface area contributed by atoms with Gasteiger partial charge < -0.3 is 10.2 Å². The van der Waals surface area contributed by atoms with Gasteiger partial charge in [-0.1, -0.05) is 19.1 Å². The van der Waals surface area contributed by atoms with Gasteiger partial charge in [0, 0.05) is 17.5 Å². The van der Waals surface area contributed by atoms with Gasteiger partial charge in [-0.2, -0.15) is 0 Å². The summed E-state index contributed by atoms with van der Waals surface area (Å²) in [6, 6.07) is 8.07. The molecule has 1 N–H and O–H groups in total. The molecule has 19 heavy (non-hydrogen) atoms. The lowest BCUT2D eigenvalue weighted by Crippen LogP contribution is -2.49. The van der Waals surface area contributed by atoms with Crippen LogP contribution in [0.25, 0.3) is 0 Å². The molecule has 1 heterocycles. The van der Waals surface area contributed by atoms with E-state index in [0.717, 1.165) is 30.0 Å². The second-order valence-electron chi connectivity index (χ2n) is 5.55. The Labute approximate surface area is 120 Å². The molecular weight excluding hydrogens is 256 g/mol. The summed E-state index contributed by atoms with van der Waals surface area (Å²) in [5.74, 6) is 0.635. The molecule has 1 fully saturated rings. The number of hydrogen-bond donors (Lipinski definition) is 2. The number of rotatable bonds is 3. The molecule has 0 bridgehead atoms. The number of nitrogens with zero attached hydrogens (tertiary/aromatic N) is 1. The van der Waals surface area contributed by atoms with Crippen LogP contribution in [0.5, 0.6) is 0 Å². The zero-order chi connectivity index (χ0) is 13.8. The molecule has 1 amide bonds. The van der Waals surface area contributed by atoms with E-state index >= 15 is 0 Å². The summed E-state index contributed by atoms with van der Waals surface area (Å²) in [7, 11) is 2.13. The molecule has 2 atom stereocenters. The van der Waals surface area contributed by atoms with Gasteiger partial charge in [0.2, 0.25) is 5.91 Å². The molecule has 0 spiro atoms. The maximum absolute atomic E-state index is 12.0. The molecular formula is C15H22N2OS. The van der Waals surface area contributed by atoms with Crippen LogP contribution < -0.4 is 5.32 Å². The van der Waals surface area contributed by atoms with Gasteiger partial charge in [-0.3, -0.25) is 4.79 Å². The van der Waals surface area contributed by atoms with E-state index in [2.05, 4.69) is 36.8 Å². The number of carbonyl (C=O) groups is 1. The van der Waals surface area contributed by atoms with E-state index in [1.165, 1.54) is 0 Å². The van der Waals surface area contributed by atoms with E-state index in [9.17, 15) is 4.79 Å². The van der Waals surface area contributed by atoms with Crippen LogP contribution in [0, 0.1) is 5.92 Å². The van der Waals surface area contributed by atoms with Crippen LogP contribution in [-0.2, 0) is 11.2 Å². The second kappa shape index (κ2) is 6.44. The number of amides is 1. The molecule has 3 nitrogen and oxygen atoms in total. The first kappa shape index (κ1) is 14.4. The number of benzene rings is 1. The van der Waals surface area contributed by atoms with E-state index in [0.29, 0.717) is 18.4 Å². The lowest BCUT2D eigenvalue weighted by atomic mass is 9.94. The van der Waals surface area contributed by atoms with Crippen molar-refractivity contribution in [1.82, 2.24) is 10.2 Å². The Morgan fingerprint density at radius 3 is 2.74 bits per heavy atom. The van der Waals surface area contributed by atoms with Gasteiger partial charge in [0.1, 0.15) is 0 Å². The Kier molecular flexibility index (Phi) is 4.88. The van der Waals surface area contributed by atoms with Crippen molar-refractivity contribution in [3.05, 3.63) is 29.8 Å². The molecule has 1 saturated heterocycles. The Morgan fingerprint density at radius 2 is 2.11 bits per heavy atom. The minimum atomic E-state index is 0.119. The predicted molar refractivity (Wildman–Crippen MR) is 80.6 cm³/mol. The zero-order valence-corrected chi connectivity index (χ0v) is 12.5. The van der Waals surface area contributed by atoms with Crippen molar-refractivity contribution in [2.45, 2.75) is 30.7 Å². The number of nitrogens with one attached hydrogen (secondary N) is 1. The summed E-state index contributed by atoms with van der Waals surface area (Å²) in [6.45, 7) is 4.32. The first-order chi connectivity index (χ1) is 9.04. The first-order valence-electron chi connectivity index (χ1n) is 6.80. The van der Waals surface area contributed by atoms with Crippen LogP contribution in [0.1, 0.15) is 18.9 Å². The van der Waals surface area contributed by atoms with Crippen LogP contribution in [-0.4, -0.2) is 37.0 Å². The van der Waals surface area contributed by atoms with Crippen LogP contribution in [0.4, 0.5) is 0 Å². The third-order valence-electron chi connectivity index (χ3n) is 3.76. The van der Waals surface area contributed by atoms with Gasteiger partial charge in [-0.25, -0.2) is 0 Å². The fraction of sp³-hybridized carbons (Fsp3) is 0.533. The van der Waals surface area contributed by atoms with Crippen LogP contribution in [0.3, 0.4) is 0 Å². The van der Waals surface area contributed by atoms with Crippen molar-refractivity contribution < 1.29 is 4.79 Å². The molecule has 0 radical (unpaired) electrons. The number of piperidine rings is 1. The fourth-order valence-electron chi connectivity index (χ4n) is 2.63. The van der Waals surface area contributed by atoms with E-state index in [1.807, 2.05) is 24.3 Å². The predicted octanol–water partition coefficient (Wildman–Crippen LogP) is 1.97. The summed E-state index contributed by atoms with van der Waals surface area (Å²) in [5.41, 5.74) is 1.04. The third-order valence-corrected chi connectivity index (χ3v) is 4.05. The number of hydrogen-bond acceptors (Lipinski definition) is 3. The lowest BCUT2D eigenvalue weighted by Gasteiger charge is -2.35. The largest absolute Gasteiger partial charge is 0.353 e. The molecule has 1 aliphatic rings. The number of carbonyl (C=O) groups excluding carboxylic acids is 1. The van der Waals surface area contributed by atoms with Gasteiger partial charge in [-0.05, 0) is 43.6 Å². The molecule has 1 aromatic rings. The van der Waals surface area contributed by atoms with Gasteiger partial charge in [0.05, 0.1) is 6.42 Å². The van der Waals surface area contributed by atoms with Gasteiger partial charge in [0.25, 0.3) is 0 Å². The normalized spacial score (nSPS) is 24.2. The van der Waals surface area contributed by atoms with Crippen LogP contribution >= 0.6 is 12.6 Å². The van der Waals surface area contributed by atoms with Crippen LogP contribution in [0.2, 0.25) is 0 Å². The molecule has 1 aromatic carbocycles. The van der Waals surface area contributed by atoms with Crippen molar-refractivity contribution in [1.29, 1.82) is 0 Å². The highest BCUT2D eigenvalue weighted by atomic mass is 32.1. The average molecular weight is 278 g/mol. The Bertz CT molecular complexity index is 432. The van der Waals surface area contributed by atoms with Gasteiger partial charge in [0.15, 0.2) is 0 Å². The minimum absolute atomic E-state index is 0.119. The fourth-order valence-corrected chi connectivity index (χ4v) is 2.77. The molecule has 1 aliphatic heterocycles. The molecule has 0 aromatic heterocycles. The van der Waals surface area contributed by atoms with Crippen molar-refractivity contribution in [3.63, 3.8) is 0 Å². The average Bonchev–Trinajstić information content (AvgIpc) is 2.36. The smallest absolute Gasteiger partial charge is 0.224 e. The molecule has 0 aliphatic carbocycles. The molecule has 2 rings (SSSR count). The Hall–Kier alpha value is -1.00. The van der Waals surface area contributed by atoms with E-state index in [1.54, 1.807) is 0 Å². The first-order valence-corrected chi connectivity index (χ1v) is 7.25. The third kappa shape index (κ3) is 4.25. The summed E-state index contributed by atoms with van der Waals surface area (Å²) in [5, 5.41) is 3.17. The number of thiol groups is 1. The molecule has 2 unspecified atom stereocenters. The lowest BCUT2D eigenvalue weighted by molar-refractivity contribution is -0.121. The summed E-state index contributed by atoms with van der Waals surface area (Å²) in [6.07, 6.45) is 1.49. The van der Waals surface area contributed by atoms with Gasteiger partial charge in [-0.15, -0.1) is 12.6 Å². The Balaban J connectivity index is 1.85. The van der Waals surface area contributed by atoms with Crippen LogP contribution in [0.15, 0.2) is 29.2 Å². The molecule has 0 saturated carbocycles.